The van der Waals surface area contributed by atoms with E-state index in [1.165, 1.54) is 0 Å². The summed E-state index contributed by atoms with van der Waals surface area (Å²) in [5, 5.41) is -0.0141. The summed E-state index contributed by atoms with van der Waals surface area (Å²) in [6, 6.07) is 0.605. The summed E-state index contributed by atoms with van der Waals surface area (Å²) in [5.41, 5.74) is -1.33. The maximum Gasteiger partial charge on any atom is 0.357 e. The van der Waals surface area contributed by atoms with Crippen molar-refractivity contribution in [3.05, 3.63) is 28.8 Å². The van der Waals surface area contributed by atoms with Crippen molar-refractivity contribution in [3.63, 3.8) is 0 Å². The first-order valence-electron chi connectivity index (χ1n) is 4.13. The number of halogens is 4. The third kappa shape index (κ3) is 2.52. The molecule has 0 radical (unpaired) electrons. The second-order valence-electron chi connectivity index (χ2n) is 2.78. The molecule has 0 fully saturated rings. The molecule has 16 heavy (non-hydrogen) atoms. The minimum Gasteiger partial charge on any atom is -0.464 e. The Balaban J connectivity index is 3.36. The normalized spacial score (nSPS) is 10.6. The number of pyridine rings is 1. The lowest BCUT2D eigenvalue weighted by molar-refractivity contribution is 0.0590. The number of hydrogen-bond donors (Lipinski definition) is 0. The number of carbonyl (C=O) groups is 1. The zero-order valence-corrected chi connectivity index (χ0v) is 9.72. The summed E-state index contributed by atoms with van der Waals surface area (Å²) in [6.45, 7) is 0. The number of hydrogen-bond acceptors (Lipinski definition) is 3. The Morgan fingerprint density at radius 3 is 2.69 bits per heavy atom. The van der Waals surface area contributed by atoms with E-state index in [0.717, 1.165) is 7.11 Å². The van der Waals surface area contributed by atoms with Crippen LogP contribution in [0.3, 0.4) is 0 Å². The molecule has 0 N–H and O–H groups in total. The van der Waals surface area contributed by atoms with Crippen LogP contribution in [0.2, 0.25) is 0 Å². The number of ether oxygens (including phenoxy) is 1. The summed E-state index contributed by atoms with van der Waals surface area (Å²) in [5.74, 6) is -1.86. The molecule has 1 heterocycles. The molecule has 7 heteroatoms. The Morgan fingerprint density at radius 1 is 1.62 bits per heavy atom. The first-order valence-corrected chi connectivity index (χ1v) is 5.25. The lowest BCUT2D eigenvalue weighted by Crippen LogP contribution is -2.12. The maximum atomic E-state index is 13.4. The quantitative estimate of drug-likeness (QED) is 0.636. The van der Waals surface area contributed by atoms with Gasteiger partial charge in [-0.25, -0.2) is 22.9 Å². The van der Waals surface area contributed by atoms with Crippen LogP contribution in [0.15, 0.2) is 6.07 Å². The van der Waals surface area contributed by atoms with Gasteiger partial charge in [0.05, 0.1) is 7.11 Å². The van der Waals surface area contributed by atoms with Crippen LogP contribution >= 0.6 is 15.9 Å². The molecule has 1 aromatic rings. The van der Waals surface area contributed by atoms with Crippen LogP contribution in [0, 0.1) is 5.82 Å². The number of methoxy groups -OCH3 is 1. The molecule has 0 aliphatic heterocycles. The van der Waals surface area contributed by atoms with E-state index in [4.69, 9.17) is 0 Å². The molecule has 0 saturated carbocycles. The lowest BCUT2D eigenvalue weighted by atomic mass is 10.2. The molecule has 0 aliphatic carbocycles. The van der Waals surface area contributed by atoms with Crippen molar-refractivity contribution < 1.29 is 22.7 Å². The van der Waals surface area contributed by atoms with Gasteiger partial charge >= 0.3 is 5.97 Å². The predicted molar refractivity (Wildman–Crippen MR) is 53.1 cm³/mol. The first kappa shape index (κ1) is 13.0. The van der Waals surface area contributed by atoms with Gasteiger partial charge < -0.3 is 4.74 Å². The highest BCUT2D eigenvalue weighted by molar-refractivity contribution is 9.08. The number of alkyl halides is 3. The molecule has 1 rings (SSSR count). The summed E-state index contributed by atoms with van der Waals surface area (Å²) in [4.78, 5) is 14.6. The van der Waals surface area contributed by atoms with Crippen LogP contribution in [-0.4, -0.2) is 18.1 Å². The van der Waals surface area contributed by atoms with Gasteiger partial charge in [-0.3, -0.25) is 0 Å². The van der Waals surface area contributed by atoms with Gasteiger partial charge in [-0.2, -0.15) is 0 Å². The van der Waals surface area contributed by atoms with E-state index >= 15 is 0 Å². The molecule has 0 spiro atoms. The molecule has 3 nitrogen and oxygen atoms in total. The van der Waals surface area contributed by atoms with Crippen molar-refractivity contribution in [1.29, 1.82) is 0 Å². The van der Waals surface area contributed by atoms with E-state index in [9.17, 15) is 18.0 Å². The molecule has 88 valence electrons. The van der Waals surface area contributed by atoms with E-state index in [1.54, 1.807) is 0 Å². The van der Waals surface area contributed by atoms with E-state index in [0.29, 0.717) is 6.07 Å². The van der Waals surface area contributed by atoms with E-state index in [1.807, 2.05) is 0 Å². The molecule has 0 bridgehead atoms. The molecule has 0 aromatic carbocycles. The number of carbonyl (C=O) groups excluding carboxylic acids is 1. The van der Waals surface area contributed by atoms with Crippen LogP contribution in [0.25, 0.3) is 0 Å². The van der Waals surface area contributed by atoms with Crippen LogP contribution < -0.4 is 0 Å². The van der Waals surface area contributed by atoms with Crippen LogP contribution in [0.4, 0.5) is 13.2 Å². The van der Waals surface area contributed by atoms with Gasteiger partial charge in [0.1, 0.15) is 11.5 Å². The SMILES string of the molecule is COC(=O)c1nc(C(F)F)cc(F)c1CBr. The van der Waals surface area contributed by atoms with Crippen molar-refractivity contribution in [3.8, 4) is 0 Å². The van der Waals surface area contributed by atoms with Gasteiger partial charge in [-0.05, 0) is 0 Å². The fraction of sp³-hybridized carbons (Fsp3) is 0.333. The summed E-state index contributed by atoms with van der Waals surface area (Å²) < 4.78 is 42.4. The van der Waals surface area contributed by atoms with Crippen molar-refractivity contribution in [2.24, 2.45) is 0 Å². The average Bonchev–Trinajstić information content (AvgIpc) is 2.26. The van der Waals surface area contributed by atoms with Crippen LogP contribution in [0.5, 0.6) is 0 Å². The molecule has 1 aromatic heterocycles. The molecule has 0 saturated heterocycles. The molecular formula is C9H7BrF3NO2. The van der Waals surface area contributed by atoms with Gasteiger partial charge in [0.25, 0.3) is 6.43 Å². The van der Waals surface area contributed by atoms with Crippen molar-refractivity contribution >= 4 is 21.9 Å². The minimum absolute atomic E-state index is 0.0141. The van der Waals surface area contributed by atoms with Crippen molar-refractivity contribution in [1.82, 2.24) is 4.98 Å². The van der Waals surface area contributed by atoms with Crippen LogP contribution in [0.1, 0.15) is 28.2 Å². The molecule has 0 amide bonds. The van der Waals surface area contributed by atoms with E-state index in [-0.39, 0.29) is 10.9 Å². The average molecular weight is 298 g/mol. The topological polar surface area (TPSA) is 39.2 Å². The fourth-order valence-electron chi connectivity index (χ4n) is 1.06. The fourth-order valence-corrected chi connectivity index (χ4v) is 1.60. The predicted octanol–water partition coefficient (Wildman–Crippen LogP) is 2.84. The highest BCUT2D eigenvalue weighted by Crippen LogP contribution is 2.23. The minimum atomic E-state index is -2.94. The lowest BCUT2D eigenvalue weighted by Gasteiger charge is -2.08. The third-order valence-electron chi connectivity index (χ3n) is 1.83. The van der Waals surface area contributed by atoms with Gasteiger partial charge in [-0.15, -0.1) is 0 Å². The van der Waals surface area contributed by atoms with Crippen molar-refractivity contribution in [2.45, 2.75) is 11.8 Å². The van der Waals surface area contributed by atoms with E-state index in [2.05, 4.69) is 25.7 Å². The Hall–Kier alpha value is -1.11. The van der Waals surface area contributed by atoms with Crippen LogP contribution in [-0.2, 0) is 10.1 Å². The van der Waals surface area contributed by atoms with Gasteiger partial charge in [-0.1, -0.05) is 15.9 Å². The zero-order valence-electron chi connectivity index (χ0n) is 8.14. The van der Waals surface area contributed by atoms with E-state index < -0.39 is 29.6 Å². The number of nitrogens with zero attached hydrogens (tertiary/aromatic N) is 1. The second-order valence-corrected chi connectivity index (χ2v) is 3.34. The summed E-state index contributed by atoms with van der Waals surface area (Å²) in [6.07, 6.45) is -2.94. The highest BCUT2D eigenvalue weighted by Gasteiger charge is 2.21. The van der Waals surface area contributed by atoms with Gasteiger partial charge in [0.15, 0.2) is 5.69 Å². The summed E-state index contributed by atoms with van der Waals surface area (Å²) in [7, 11) is 1.06. The largest absolute Gasteiger partial charge is 0.464 e. The Kier molecular flexibility index (Phi) is 4.28. The molecule has 0 atom stereocenters. The second kappa shape index (κ2) is 5.29. The monoisotopic (exact) mass is 297 g/mol. The Bertz CT molecular complexity index is 412. The number of esters is 1. The first-order chi connectivity index (χ1) is 7.51. The third-order valence-corrected chi connectivity index (χ3v) is 2.39. The van der Waals surface area contributed by atoms with Crippen molar-refractivity contribution in [2.75, 3.05) is 7.11 Å². The van der Waals surface area contributed by atoms with Gasteiger partial charge in [0.2, 0.25) is 0 Å². The molecule has 0 aliphatic rings. The highest BCUT2D eigenvalue weighted by atomic mass is 79.9. The number of rotatable bonds is 3. The standard InChI is InChI=1S/C9H7BrF3NO2/c1-16-9(15)7-4(3-10)5(11)2-6(14-7)8(12)13/h2,8H,3H2,1H3. The maximum absolute atomic E-state index is 13.4. The van der Waals surface area contributed by atoms with Gasteiger partial charge in [0, 0.05) is 17.0 Å². The smallest absolute Gasteiger partial charge is 0.357 e. The summed E-state index contributed by atoms with van der Waals surface area (Å²) >= 11 is 2.94. The Labute approximate surface area is 97.8 Å². The number of aromatic nitrogens is 1. The molecule has 0 unspecified atom stereocenters. The molecular weight excluding hydrogens is 291 g/mol. The zero-order chi connectivity index (χ0) is 12.3. The Morgan fingerprint density at radius 2 is 2.25 bits per heavy atom.